The molecule has 2 aliphatic rings. The minimum absolute atomic E-state index is 0.0246. The Morgan fingerprint density at radius 3 is 2.67 bits per heavy atom. The highest BCUT2D eigenvalue weighted by molar-refractivity contribution is 5.95. The fraction of sp³-hybridized carbons (Fsp3) is 0.591. The average Bonchev–Trinajstić information content (AvgIpc) is 2.77. The van der Waals surface area contributed by atoms with E-state index in [1.807, 2.05) is 13.8 Å². The van der Waals surface area contributed by atoms with E-state index in [-0.39, 0.29) is 30.2 Å². The van der Waals surface area contributed by atoms with Gasteiger partial charge in [-0.15, -0.1) is 0 Å². The molecule has 1 fully saturated rings. The Morgan fingerprint density at radius 2 is 1.93 bits per heavy atom. The van der Waals surface area contributed by atoms with Crippen molar-refractivity contribution in [2.75, 3.05) is 44.7 Å². The summed E-state index contributed by atoms with van der Waals surface area (Å²) in [6.45, 7) is 6.38. The van der Waals surface area contributed by atoms with Gasteiger partial charge in [0.25, 0.3) is 0 Å². The Kier molecular flexibility index (Phi) is 7.54. The topological polar surface area (TPSA) is 88.2 Å². The molecule has 1 aromatic carbocycles. The number of hydrogen-bond donors (Lipinski definition) is 1. The maximum Gasteiger partial charge on any atom is 0.243 e. The van der Waals surface area contributed by atoms with Crippen LogP contribution in [-0.4, -0.2) is 66.9 Å². The molecule has 2 heterocycles. The predicted molar refractivity (Wildman–Crippen MR) is 113 cm³/mol. The Morgan fingerprint density at radius 1 is 1.17 bits per heavy atom. The Hall–Kier alpha value is -2.77. The average molecular weight is 418 g/mol. The van der Waals surface area contributed by atoms with Crippen molar-refractivity contribution in [2.24, 2.45) is 5.92 Å². The number of ether oxygens (including phenoxy) is 2. The molecule has 164 valence electrons. The van der Waals surface area contributed by atoms with Crippen LogP contribution in [-0.2, 0) is 14.4 Å². The van der Waals surface area contributed by atoms with Gasteiger partial charge in [0, 0.05) is 37.8 Å². The van der Waals surface area contributed by atoms with Crippen LogP contribution in [0.5, 0.6) is 11.5 Å². The molecular formula is C22H31N3O5. The molecule has 8 heteroatoms. The summed E-state index contributed by atoms with van der Waals surface area (Å²) >= 11 is 0. The van der Waals surface area contributed by atoms with Crippen molar-refractivity contribution in [3.63, 3.8) is 0 Å². The number of rotatable bonds is 7. The number of amides is 3. The minimum atomic E-state index is -0.267. The van der Waals surface area contributed by atoms with Gasteiger partial charge in [-0.2, -0.15) is 0 Å². The van der Waals surface area contributed by atoms with Crippen LogP contribution in [0.4, 0.5) is 5.69 Å². The van der Waals surface area contributed by atoms with E-state index in [4.69, 9.17) is 9.47 Å². The quantitative estimate of drug-likeness (QED) is 0.735. The third-order valence-corrected chi connectivity index (χ3v) is 5.44. The molecule has 1 N–H and O–H groups in total. The van der Waals surface area contributed by atoms with Gasteiger partial charge >= 0.3 is 0 Å². The monoisotopic (exact) mass is 417 g/mol. The zero-order valence-corrected chi connectivity index (χ0v) is 17.8. The second kappa shape index (κ2) is 10.3. The van der Waals surface area contributed by atoms with E-state index in [2.05, 4.69) is 5.32 Å². The second-order valence-corrected chi connectivity index (χ2v) is 7.69. The van der Waals surface area contributed by atoms with Crippen molar-refractivity contribution in [3.8, 4) is 11.5 Å². The zero-order valence-electron chi connectivity index (χ0n) is 17.8. The zero-order chi connectivity index (χ0) is 21.5. The molecule has 0 aromatic heterocycles. The molecule has 30 heavy (non-hydrogen) atoms. The smallest absolute Gasteiger partial charge is 0.243 e. The molecule has 1 aromatic rings. The van der Waals surface area contributed by atoms with Crippen molar-refractivity contribution in [1.82, 2.24) is 9.80 Å². The van der Waals surface area contributed by atoms with Crippen LogP contribution in [0.1, 0.15) is 39.5 Å². The largest absolute Gasteiger partial charge is 0.486 e. The summed E-state index contributed by atoms with van der Waals surface area (Å²) in [6, 6.07) is 5.24. The van der Waals surface area contributed by atoms with Crippen LogP contribution in [0, 0.1) is 5.92 Å². The van der Waals surface area contributed by atoms with E-state index in [0.717, 1.165) is 19.3 Å². The van der Waals surface area contributed by atoms with E-state index >= 15 is 0 Å². The van der Waals surface area contributed by atoms with Gasteiger partial charge in [-0.3, -0.25) is 14.4 Å². The molecule has 0 spiro atoms. The molecule has 2 aliphatic heterocycles. The van der Waals surface area contributed by atoms with E-state index in [0.29, 0.717) is 56.5 Å². The number of benzene rings is 1. The maximum absolute atomic E-state index is 13.0. The van der Waals surface area contributed by atoms with Gasteiger partial charge in [-0.25, -0.2) is 0 Å². The van der Waals surface area contributed by atoms with Gasteiger partial charge in [0.2, 0.25) is 17.7 Å². The Labute approximate surface area is 177 Å². The lowest BCUT2D eigenvalue weighted by Crippen LogP contribution is -2.48. The molecule has 8 nitrogen and oxygen atoms in total. The minimum Gasteiger partial charge on any atom is -0.486 e. The maximum atomic E-state index is 13.0. The number of nitrogens with zero attached hydrogens (tertiary/aromatic N) is 2. The number of hydrogen-bond acceptors (Lipinski definition) is 5. The van der Waals surface area contributed by atoms with Crippen molar-refractivity contribution in [1.29, 1.82) is 0 Å². The van der Waals surface area contributed by atoms with Gasteiger partial charge in [0.15, 0.2) is 11.5 Å². The number of piperidine rings is 1. The standard InChI is InChI=1S/C22H31N3O5/c1-3-6-21(27)25-10-5-7-16(14-25)22(28)24(4-2)15-20(26)23-17-8-9-18-19(13-17)30-12-11-29-18/h8-9,13,16H,3-7,10-12,14-15H2,1-2H3,(H,23,26). The number of fused-ring (bicyclic) bond motifs is 1. The molecule has 1 saturated heterocycles. The summed E-state index contributed by atoms with van der Waals surface area (Å²) in [5.74, 6) is 0.780. The highest BCUT2D eigenvalue weighted by Gasteiger charge is 2.31. The molecule has 1 atom stereocenters. The Bertz CT molecular complexity index is 782. The van der Waals surface area contributed by atoms with Crippen molar-refractivity contribution < 1.29 is 23.9 Å². The van der Waals surface area contributed by atoms with Gasteiger partial charge in [0.05, 0.1) is 12.5 Å². The van der Waals surface area contributed by atoms with Crippen LogP contribution in [0.15, 0.2) is 18.2 Å². The third kappa shape index (κ3) is 5.43. The summed E-state index contributed by atoms with van der Waals surface area (Å²) in [5.41, 5.74) is 0.599. The molecule has 0 aliphatic carbocycles. The predicted octanol–water partition coefficient (Wildman–Crippen LogP) is 2.28. The fourth-order valence-corrected chi connectivity index (χ4v) is 3.88. The summed E-state index contributed by atoms with van der Waals surface area (Å²) in [7, 11) is 0. The lowest BCUT2D eigenvalue weighted by molar-refractivity contribution is -0.142. The summed E-state index contributed by atoms with van der Waals surface area (Å²) < 4.78 is 11.0. The van der Waals surface area contributed by atoms with Crippen LogP contribution in [0.25, 0.3) is 0 Å². The van der Waals surface area contributed by atoms with E-state index in [9.17, 15) is 14.4 Å². The van der Waals surface area contributed by atoms with E-state index in [1.54, 1.807) is 28.0 Å². The van der Waals surface area contributed by atoms with Crippen molar-refractivity contribution in [3.05, 3.63) is 18.2 Å². The summed E-state index contributed by atoms with van der Waals surface area (Å²) in [4.78, 5) is 41.1. The van der Waals surface area contributed by atoms with Gasteiger partial charge in [-0.05, 0) is 38.3 Å². The van der Waals surface area contributed by atoms with Gasteiger partial charge in [0.1, 0.15) is 13.2 Å². The number of nitrogens with one attached hydrogen (secondary N) is 1. The highest BCUT2D eigenvalue weighted by Crippen LogP contribution is 2.32. The molecule has 3 amide bonds. The first kappa shape index (κ1) is 21.9. The molecule has 3 rings (SSSR count). The van der Waals surface area contributed by atoms with Crippen LogP contribution < -0.4 is 14.8 Å². The van der Waals surface area contributed by atoms with Crippen LogP contribution in [0.3, 0.4) is 0 Å². The summed E-state index contributed by atoms with van der Waals surface area (Å²) in [5, 5.41) is 2.83. The second-order valence-electron chi connectivity index (χ2n) is 7.69. The lowest BCUT2D eigenvalue weighted by atomic mass is 9.96. The number of carbonyl (C=O) groups is 3. The molecular weight excluding hydrogens is 386 g/mol. The fourth-order valence-electron chi connectivity index (χ4n) is 3.88. The number of anilines is 1. The van der Waals surface area contributed by atoms with E-state index < -0.39 is 0 Å². The van der Waals surface area contributed by atoms with Crippen LogP contribution in [0.2, 0.25) is 0 Å². The first-order valence-electron chi connectivity index (χ1n) is 10.8. The third-order valence-electron chi connectivity index (χ3n) is 5.44. The number of likely N-dealkylation sites (tertiary alicyclic amines) is 1. The normalized spacial score (nSPS) is 17.9. The van der Waals surface area contributed by atoms with Gasteiger partial charge in [-0.1, -0.05) is 6.92 Å². The molecule has 0 bridgehead atoms. The lowest BCUT2D eigenvalue weighted by Gasteiger charge is -2.34. The SMILES string of the molecule is CCCC(=O)N1CCCC(C(=O)N(CC)CC(=O)Nc2ccc3c(c2)OCCO3)C1. The number of carbonyl (C=O) groups excluding carboxylic acids is 3. The highest BCUT2D eigenvalue weighted by atomic mass is 16.6. The summed E-state index contributed by atoms with van der Waals surface area (Å²) in [6.07, 6.45) is 2.87. The number of likely N-dealkylation sites (N-methyl/N-ethyl adjacent to an activating group) is 1. The van der Waals surface area contributed by atoms with E-state index in [1.165, 1.54) is 0 Å². The first-order chi connectivity index (χ1) is 14.5. The Balaban J connectivity index is 1.56. The molecule has 0 radical (unpaired) electrons. The molecule has 1 unspecified atom stereocenters. The van der Waals surface area contributed by atoms with Crippen LogP contribution >= 0.6 is 0 Å². The first-order valence-corrected chi connectivity index (χ1v) is 10.8. The van der Waals surface area contributed by atoms with Crippen molar-refractivity contribution >= 4 is 23.4 Å². The molecule has 0 saturated carbocycles. The van der Waals surface area contributed by atoms with Crippen molar-refractivity contribution in [2.45, 2.75) is 39.5 Å². The van der Waals surface area contributed by atoms with Gasteiger partial charge < -0.3 is 24.6 Å².